The van der Waals surface area contributed by atoms with Gasteiger partial charge in [-0.1, -0.05) is 63.3 Å². The Bertz CT molecular complexity index is 490. The number of alkyl halides is 3. The smallest absolute Gasteiger partial charge is 0.382 e. The average molecular weight is 339 g/mol. The fourth-order valence-electron chi connectivity index (χ4n) is 3.58. The lowest BCUT2D eigenvalue weighted by atomic mass is 9.78. The molecule has 134 valence electrons. The molecule has 1 aromatic rings. The van der Waals surface area contributed by atoms with Gasteiger partial charge in [0.05, 0.1) is 5.56 Å². The number of anilines is 1. The molecule has 2 unspecified atom stereocenters. The van der Waals surface area contributed by atoms with Crippen LogP contribution < -0.4 is 5.32 Å². The monoisotopic (exact) mass is 339 g/mol. The topological polar surface area (TPSA) is 12.0 Å². The van der Waals surface area contributed by atoms with Crippen LogP contribution in [0.2, 0.25) is 5.82 Å². The third-order valence-corrected chi connectivity index (χ3v) is 5.06. The van der Waals surface area contributed by atoms with Crippen molar-refractivity contribution >= 4 is 13.5 Å². The van der Waals surface area contributed by atoms with Crippen LogP contribution in [0.1, 0.15) is 69.8 Å². The molecule has 0 aromatic heterocycles. The number of hydrogen-bond donors (Lipinski definition) is 1. The molecule has 1 fully saturated rings. The summed E-state index contributed by atoms with van der Waals surface area (Å²) in [5.41, 5.74) is 0.0178. The molecule has 0 bridgehead atoms. The molecule has 5 heteroatoms. The van der Waals surface area contributed by atoms with Crippen LogP contribution in [0.15, 0.2) is 24.3 Å². The molecule has 1 N–H and O–H groups in total. The van der Waals surface area contributed by atoms with Crippen molar-refractivity contribution in [2.24, 2.45) is 0 Å². The molecule has 1 aromatic carbocycles. The summed E-state index contributed by atoms with van der Waals surface area (Å²) in [4.78, 5) is 0. The van der Waals surface area contributed by atoms with E-state index in [1.807, 2.05) is 0 Å². The average Bonchev–Trinajstić information content (AvgIpc) is 2.51. The summed E-state index contributed by atoms with van der Waals surface area (Å²) in [5, 5.41) is 3.36. The maximum Gasteiger partial charge on any atom is 0.416 e. The maximum atomic E-state index is 12.9. The zero-order valence-corrected chi connectivity index (χ0v) is 14.7. The molecule has 2 rings (SSSR count). The predicted molar refractivity (Wildman–Crippen MR) is 97.3 cm³/mol. The Hall–Kier alpha value is -1.13. The fraction of sp³-hybridized carbons (Fsp3) is 0.684. The van der Waals surface area contributed by atoms with Crippen molar-refractivity contribution in [3.8, 4) is 0 Å². The van der Waals surface area contributed by atoms with Gasteiger partial charge in [0.15, 0.2) is 0 Å². The van der Waals surface area contributed by atoms with Crippen LogP contribution in [0.25, 0.3) is 0 Å². The fourth-order valence-corrected chi connectivity index (χ4v) is 3.58. The van der Waals surface area contributed by atoms with Crippen LogP contribution in [-0.2, 0) is 6.18 Å². The minimum atomic E-state index is -4.28. The quantitative estimate of drug-likeness (QED) is 0.669. The number of hydrogen-bond acceptors (Lipinski definition) is 1. The van der Waals surface area contributed by atoms with Gasteiger partial charge in [-0.3, -0.25) is 0 Å². The Morgan fingerprint density at radius 1 is 0.875 bits per heavy atom. The Labute approximate surface area is 144 Å². The molecular weight excluding hydrogens is 310 g/mol. The van der Waals surface area contributed by atoms with Gasteiger partial charge in [-0.15, -0.1) is 0 Å². The van der Waals surface area contributed by atoms with E-state index in [2.05, 4.69) is 13.2 Å². The molecule has 0 spiro atoms. The van der Waals surface area contributed by atoms with Crippen LogP contribution in [0.5, 0.6) is 0 Å². The summed E-state index contributed by atoms with van der Waals surface area (Å²) in [7, 11) is 2.32. The van der Waals surface area contributed by atoms with Gasteiger partial charge in [0.2, 0.25) is 0 Å². The Morgan fingerprint density at radius 2 is 1.50 bits per heavy atom. The van der Waals surface area contributed by atoms with Gasteiger partial charge in [0, 0.05) is 11.7 Å². The third kappa shape index (κ3) is 6.78. The van der Waals surface area contributed by atoms with Crippen molar-refractivity contribution in [1.82, 2.24) is 0 Å². The first-order valence-electron chi connectivity index (χ1n) is 9.39. The second-order valence-electron chi connectivity index (χ2n) is 7.30. The third-order valence-electron chi connectivity index (χ3n) is 5.06. The second-order valence-corrected chi connectivity index (χ2v) is 7.30. The summed E-state index contributed by atoms with van der Waals surface area (Å²) in [6, 6.07) is 5.88. The summed E-state index contributed by atoms with van der Waals surface area (Å²) >= 11 is 0. The van der Waals surface area contributed by atoms with Crippen LogP contribution in [0.3, 0.4) is 0 Å². The number of halogens is 3. The van der Waals surface area contributed by atoms with Gasteiger partial charge >= 0.3 is 6.18 Å². The van der Waals surface area contributed by atoms with Gasteiger partial charge in [0.25, 0.3) is 0 Å². The van der Waals surface area contributed by atoms with Crippen LogP contribution in [0.4, 0.5) is 18.9 Å². The molecule has 0 aliphatic heterocycles. The standard InChI is InChI=1S/C19H29BF3N/c20-16-9-4-2-1-3-5-11-17(12-7-10-16)24-18-13-6-8-15(14-18)19(21,22)23/h6,8,13-14,16-17,24H,1-5,7,9-12,20H2. The first-order valence-corrected chi connectivity index (χ1v) is 9.39. The van der Waals surface area contributed by atoms with Gasteiger partial charge in [-0.25, -0.2) is 0 Å². The summed E-state index contributed by atoms with van der Waals surface area (Å²) in [6.45, 7) is 0. The van der Waals surface area contributed by atoms with Gasteiger partial charge in [0.1, 0.15) is 7.85 Å². The van der Waals surface area contributed by atoms with Gasteiger partial charge in [-0.05, 0) is 31.0 Å². The van der Waals surface area contributed by atoms with Gasteiger partial charge < -0.3 is 5.32 Å². The van der Waals surface area contributed by atoms with E-state index in [1.165, 1.54) is 50.7 Å². The first kappa shape index (κ1) is 19.2. The minimum absolute atomic E-state index is 0.278. The van der Waals surface area contributed by atoms with Crippen molar-refractivity contribution in [2.75, 3.05) is 5.32 Å². The van der Waals surface area contributed by atoms with Crippen LogP contribution in [-0.4, -0.2) is 13.9 Å². The lowest BCUT2D eigenvalue weighted by Crippen LogP contribution is -2.20. The summed E-state index contributed by atoms with van der Waals surface area (Å²) in [6.07, 6.45) is 7.82. The Morgan fingerprint density at radius 3 is 2.25 bits per heavy atom. The second kappa shape index (κ2) is 9.38. The van der Waals surface area contributed by atoms with E-state index in [-0.39, 0.29) is 6.04 Å². The SMILES string of the molecule is BC1CCCCCCCC(Nc2cccc(C(F)(F)F)c2)CCC1. The molecule has 1 aliphatic rings. The maximum absolute atomic E-state index is 12.9. The first-order chi connectivity index (χ1) is 11.4. The highest BCUT2D eigenvalue weighted by molar-refractivity contribution is 6.11. The van der Waals surface area contributed by atoms with E-state index < -0.39 is 11.7 Å². The molecule has 0 heterocycles. The predicted octanol–water partition coefficient (Wildman–Crippen LogP) is 5.82. The molecule has 2 atom stereocenters. The van der Waals surface area contributed by atoms with Crippen molar-refractivity contribution in [3.05, 3.63) is 29.8 Å². The minimum Gasteiger partial charge on any atom is -0.382 e. The van der Waals surface area contributed by atoms with Gasteiger partial charge in [-0.2, -0.15) is 13.2 Å². The Balaban J connectivity index is 1.96. The number of benzene rings is 1. The molecule has 1 nitrogen and oxygen atoms in total. The van der Waals surface area contributed by atoms with E-state index >= 15 is 0 Å². The zero-order chi connectivity index (χ0) is 17.4. The lowest BCUT2D eigenvalue weighted by Gasteiger charge is -2.22. The highest BCUT2D eigenvalue weighted by atomic mass is 19.4. The van der Waals surface area contributed by atoms with E-state index in [0.717, 1.165) is 37.6 Å². The molecule has 1 saturated carbocycles. The Kier molecular flexibility index (Phi) is 7.51. The number of rotatable bonds is 2. The normalized spacial score (nSPS) is 24.6. The largest absolute Gasteiger partial charge is 0.416 e. The molecular formula is C19H29BF3N. The van der Waals surface area contributed by atoms with Crippen LogP contribution in [0, 0.1) is 0 Å². The highest BCUT2D eigenvalue weighted by Crippen LogP contribution is 2.31. The number of nitrogens with one attached hydrogen (secondary N) is 1. The molecule has 0 saturated heterocycles. The molecule has 0 amide bonds. The lowest BCUT2D eigenvalue weighted by molar-refractivity contribution is -0.137. The summed E-state index contributed by atoms with van der Waals surface area (Å²) < 4.78 is 38.6. The van der Waals surface area contributed by atoms with Crippen molar-refractivity contribution in [1.29, 1.82) is 0 Å². The molecule has 0 radical (unpaired) electrons. The van der Waals surface area contributed by atoms with Crippen molar-refractivity contribution in [3.63, 3.8) is 0 Å². The van der Waals surface area contributed by atoms with E-state index in [0.29, 0.717) is 5.69 Å². The van der Waals surface area contributed by atoms with E-state index in [1.54, 1.807) is 6.07 Å². The van der Waals surface area contributed by atoms with E-state index in [9.17, 15) is 13.2 Å². The van der Waals surface area contributed by atoms with Crippen LogP contribution >= 0.6 is 0 Å². The molecule has 1 aliphatic carbocycles. The highest BCUT2D eigenvalue weighted by Gasteiger charge is 2.30. The zero-order valence-electron chi connectivity index (χ0n) is 14.7. The van der Waals surface area contributed by atoms with E-state index in [4.69, 9.17) is 0 Å². The molecule has 24 heavy (non-hydrogen) atoms. The van der Waals surface area contributed by atoms with Crippen molar-refractivity contribution < 1.29 is 13.2 Å². The summed E-state index contributed by atoms with van der Waals surface area (Å²) in [5.74, 6) is 0.763. The van der Waals surface area contributed by atoms with Crippen molar-refractivity contribution in [2.45, 2.75) is 82.2 Å².